The van der Waals surface area contributed by atoms with E-state index in [9.17, 15) is 9.59 Å². The van der Waals surface area contributed by atoms with Crippen molar-refractivity contribution in [2.45, 2.75) is 13.8 Å². The van der Waals surface area contributed by atoms with Crippen LogP contribution < -0.4 is 10.6 Å². The van der Waals surface area contributed by atoms with Crippen LogP contribution in [0.15, 0.2) is 48.7 Å². The molecule has 6 nitrogen and oxygen atoms in total. The molecule has 0 fully saturated rings. The van der Waals surface area contributed by atoms with Crippen LogP contribution in [0.25, 0.3) is 10.8 Å². The van der Waals surface area contributed by atoms with E-state index in [1.54, 1.807) is 6.92 Å². The number of rotatable bonds is 6. The standard InChI is InChI=1S/C21H20ClN3O3/c1-3-28-19(26)12-24-21(27)17-11-23-20(16-7-5-4-6-15(16)17)25-14-9-8-13(2)18(22)10-14/h4-11H,3,12H2,1-2H3,(H,23,25)(H,24,27). The van der Waals surface area contributed by atoms with Crippen molar-refractivity contribution in [2.24, 2.45) is 0 Å². The lowest BCUT2D eigenvalue weighted by Crippen LogP contribution is -2.30. The number of amides is 1. The first-order valence-corrected chi connectivity index (χ1v) is 9.22. The van der Waals surface area contributed by atoms with Crippen LogP contribution in [0.5, 0.6) is 0 Å². The van der Waals surface area contributed by atoms with Gasteiger partial charge in [-0.25, -0.2) is 4.98 Å². The van der Waals surface area contributed by atoms with Crippen LogP contribution >= 0.6 is 11.6 Å². The second-order valence-electron chi connectivity index (χ2n) is 6.14. The fourth-order valence-corrected chi connectivity index (χ4v) is 2.92. The molecule has 0 unspecified atom stereocenters. The lowest BCUT2D eigenvalue weighted by Gasteiger charge is -2.13. The molecule has 0 saturated heterocycles. The average molecular weight is 398 g/mol. The molecular formula is C21H20ClN3O3. The predicted molar refractivity (Wildman–Crippen MR) is 110 cm³/mol. The van der Waals surface area contributed by atoms with E-state index in [4.69, 9.17) is 16.3 Å². The van der Waals surface area contributed by atoms with Gasteiger partial charge in [0.25, 0.3) is 5.91 Å². The highest BCUT2D eigenvalue weighted by Gasteiger charge is 2.15. The van der Waals surface area contributed by atoms with E-state index in [0.29, 0.717) is 16.4 Å². The van der Waals surface area contributed by atoms with E-state index in [-0.39, 0.29) is 19.1 Å². The quantitative estimate of drug-likeness (QED) is 0.608. The Bertz CT molecular complexity index is 1040. The average Bonchev–Trinajstić information content (AvgIpc) is 2.69. The third-order valence-electron chi connectivity index (χ3n) is 4.17. The number of anilines is 2. The van der Waals surface area contributed by atoms with Crippen LogP contribution in [0.1, 0.15) is 22.8 Å². The van der Waals surface area contributed by atoms with Gasteiger partial charge in [0.2, 0.25) is 0 Å². The number of hydrogen-bond acceptors (Lipinski definition) is 5. The molecule has 2 aromatic carbocycles. The minimum atomic E-state index is -0.484. The van der Waals surface area contributed by atoms with Gasteiger partial charge in [-0.05, 0) is 36.9 Å². The molecule has 0 atom stereocenters. The van der Waals surface area contributed by atoms with Gasteiger partial charge in [0.05, 0.1) is 12.2 Å². The summed E-state index contributed by atoms with van der Waals surface area (Å²) in [6.45, 7) is 3.72. The molecule has 28 heavy (non-hydrogen) atoms. The number of aromatic nitrogens is 1. The van der Waals surface area contributed by atoms with E-state index < -0.39 is 5.97 Å². The number of halogens is 1. The van der Waals surface area contributed by atoms with Gasteiger partial charge >= 0.3 is 5.97 Å². The summed E-state index contributed by atoms with van der Waals surface area (Å²) < 4.78 is 4.83. The lowest BCUT2D eigenvalue weighted by molar-refractivity contribution is -0.141. The van der Waals surface area contributed by atoms with E-state index in [2.05, 4.69) is 15.6 Å². The number of nitrogens with zero attached hydrogens (tertiary/aromatic N) is 1. The van der Waals surface area contributed by atoms with Crippen molar-refractivity contribution in [3.63, 3.8) is 0 Å². The van der Waals surface area contributed by atoms with E-state index in [0.717, 1.165) is 22.0 Å². The molecule has 1 aromatic heterocycles. The Morgan fingerprint density at radius 1 is 1.14 bits per heavy atom. The number of hydrogen-bond donors (Lipinski definition) is 2. The van der Waals surface area contributed by atoms with Gasteiger partial charge in [-0.15, -0.1) is 0 Å². The van der Waals surface area contributed by atoms with Gasteiger partial charge in [-0.2, -0.15) is 0 Å². The van der Waals surface area contributed by atoms with Crippen LogP contribution in [0.4, 0.5) is 11.5 Å². The molecule has 0 spiro atoms. The zero-order valence-electron chi connectivity index (χ0n) is 15.6. The Balaban J connectivity index is 1.89. The van der Waals surface area contributed by atoms with Crippen molar-refractivity contribution in [3.05, 3.63) is 64.8 Å². The topological polar surface area (TPSA) is 80.3 Å². The van der Waals surface area contributed by atoms with E-state index in [1.807, 2.05) is 49.4 Å². The van der Waals surface area contributed by atoms with E-state index >= 15 is 0 Å². The van der Waals surface area contributed by atoms with Crippen LogP contribution in [0.3, 0.4) is 0 Å². The number of benzene rings is 2. The summed E-state index contributed by atoms with van der Waals surface area (Å²) in [5, 5.41) is 7.97. The third-order valence-corrected chi connectivity index (χ3v) is 4.58. The largest absolute Gasteiger partial charge is 0.465 e. The molecule has 3 aromatic rings. The number of ether oxygens (including phenoxy) is 1. The Morgan fingerprint density at radius 2 is 1.89 bits per heavy atom. The van der Waals surface area contributed by atoms with Crippen LogP contribution in [-0.4, -0.2) is 30.0 Å². The van der Waals surface area contributed by atoms with Crippen LogP contribution in [0.2, 0.25) is 5.02 Å². The molecule has 0 aliphatic rings. The first-order chi connectivity index (χ1) is 13.5. The highest BCUT2D eigenvalue weighted by Crippen LogP contribution is 2.28. The van der Waals surface area contributed by atoms with Gasteiger partial charge in [0.15, 0.2) is 0 Å². The van der Waals surface area contributed by atoms with Crippen molar-refractivity contribution in [1.82, 2.24) is 10.3 Å². The fourth-order valence-electron chi connectivity index (χ4n) is 2.74. The van der Waals surface area contributed by atoms with Crippen molar-refractivity contribution in [2.75, 3.05) is 18.5 Å². The molecule has 3 rings (SSSR count). The Hall–Kier alpha value is -3.12. The minimum absolute atomic E-state index is 0.192. The SMILES string of the molecule is CCOC(=O)CNC(=O)c1cnc(Nc2ccc(C)c(Cl)c2)c2ccccc12. The van der Waals surface area contributed by atoms with Crippen LogP contribution in [0, 0.1) is 6.92 Å². The Morgan fingerprint density at radius 3 is 2.61 bits per heavy atom. The molecule has 0 bridgehead atoms. The molecular weight excluding hydrogens is 378 g/mol. The van der Waals surface area contributed by atoms with E-state index in [1.165, 1.54) is 6.20 Å². The number of carbonyl (C=O) groups is 2. The molecule has 1 amide bonds. The smallest absolute Gasteiger partial charge is 0.325 e. The summed E-state index contributed by atoms with van der Waals surface area (Å²) in [5.74, 6) is -0.262. The number of nitrogens with one attached hydrogen (secondary N) is 2. The zero-order valence-corrected chi connectivity index (χ0v) is 16.3. The van der Waals surface area contributed by atoms with Gasteiger partial charge in [0.1, 0.15) is 12.4 Å². The summed E-state index contributed by atoms with van der Waals surface area (Å²) in [6, 6.07) is 13.1. The first kappa shape index (κ1) is 19.6. The number of esters is 1. The summed E-state index contributed by atoms with van der Waals surface area (Å²) in [5.41, 5.74) is 2.17. The minimum Gasteiger partial charge on any atom is -0.465 e. The summed E-state index contributed by atoms with van der Waals surface area (Å²) in [4.78, 5) is 28.4. The third kappa shape index (κ3) is 4.40. The van der Waals surface area contributed by atoms with Gasteiger partial charge in [-0.3, -0.25) is 9.59 Å². The van der Waals surface area contributed by atoms with Crippen molar-refractivity contribution >= 4 is 45.8 Å². The maximum absolute atomic E-state index is 12.5. The summed E-state index contributed by atoms with van der Waals surface area (Å²) >= 11 is 6.20. The number of aryl methyl sites for hydroxylation is 1. The second kappa shape index (κ2) is 8.71. The van der Waals surface area contributed by atoms with Gasteiger partial charge in [0, 0.05) is 22.3 Å². The molecule has 0 aliphatic heterocycles. The highest BCUT2D eigenvalue weighted by molar-refractivity contribution is 6.31. The first-order valence-electron chi connectivity index (χ1n) is 8.84. The number of fused-ring (bicyclic) bond motifs is 1. The molecule has 144 valence electrons. The molecule has 0 aliphatic carbocycles. The number of carbonyl (C=O) groups excluding carboxylic acids is 2. The fraction of sp³-hybridized carbons (Fsp3) is 0.190. The van der Waals surface area contributed by atoms with Gasteiger partial charge in [-0.1, -0.05) is 41.9 Å². The maximum Gasteiger partial charge on any atom is 0.325 e. The van der Waals surface area contributed by atoms with Crippen molar-refractivity contribution in [3.8, 4) is 0 Å². The highest BCUT2D eigenvalue weighted by atomic mass is 35.5. The monoisotopic (exact) mass is 397 g/mol. The second-order valence-corrected chi connectivity index (χ2v) is 6.55. The molecule has 0 saturated carbocycles. The molecule has 1 heterocycles. The molecule has 2 N–H and O–H groups in total. The zero-order chi connectivity index (χ0) is 20.1. The van der Waals surface area contributed by atoms with Crippen molar-refractivity contribution in [1.29, 1.82) is 0 Å². The maximum atomic E-state index is 12.5. The summed E-state index contributed by atoms with van der Waals surface area (Å²) in [7, 11) is 0. The molecule has 0 radical (unpaired) electrons. The number of pyridine rings is 1. The normalized spacial score (nSPS) is 10.5. The Kier molecular flexibility index (Phi) is 6.11. The summed E-state index contributed by atoms with van der Waals surface area (Å²) in [6.07, 6.45) is 1.49. The molecule has 7 heteroatoms. The predicted octanol–water partition coefficient (Wildman–Crippen LogP) is 4.23. The lowest BCUT2D eigenvalue weighted by atomic mass is 10.1. The van der Waals surface area contributed by atoms with Crippen LogP contribution in [-0.2, 0) is 9.53 Å². The van der Waals surface area contributed by atoms with Gasteiger partial charge < -0.3 is 15.4 Å². The Labute approximate surface area is 167 Å². The van der Waals surface area contributed by atoms with Crippen molar-refractivity contribution < 1.29 is 14.3 Å².